The summed E-state index contributed by atoms with van der Waals surface area (Å²) in [6.45, 7) is 2.45. The minimum atomic E-state index is -0.112. The summed E-state index contributed by atoms with van der Waals surface area (Å²) in [4.78, 5) is 14.8. The van der Waals surface area contributed by atoms with E-state index in [1.54, 1.807) is 0 Å². The molecule has 0 spiro atoms. The first kappa shape index (κ1) is 19.0. The van der Waals surface area contributed by atoms with E-state index >= 15 is 0 Å². The second-order valence-electron chi connectivity index (χ2n) is 7.55. The van der Waals surface area contributed by atoms with Gasteiger partial charge in [0.2, 0.25) is 0 Å². The van der Waals surface area contributed by atoms with Crippen molar-refractivity contribution in [1.29, 1.82) is 0 Å². The van der Waals surface area contributed by atoms with Gasteiger partial charge in [-0.2, -0.15) is 0 Å². The van der Waals surface area contributed by atoms with E-state index in [1.807, 2.05) is 24.3 Å². The van der Waals surface area contributed by atoms with Gasteiger partial charge in [0.15, 0.2) is 0 Å². The standard InChI is InChI=1S/C24H24ClNO2/c1-28-24(27)23-16-26(15-20(23)13-17-9-11-21(25)12-10-17)14-19-7-4-6-18-5-2-3-8-22(18)19/h2-12,20,23H,13-16H2,1H3/t20-,23-/m0/s1. The van der Waals surface area contributed by atoms with Gasteiger partial charge in [-0.15, -0.1) is 0 Å². The van der Waals surface area contributed by atoms with E-state index in [1.165, 1.54) is 29.0 Å². The van der Waals surface area contributed by atoms with Crippen molar-refractivity contribution in [2.75, 3.05) is 20.2 Å². The fraction of sp³-hybridized carbons (Fsp3) is 0.292. The van der Waals surface area contributed by atoms with Gasteiger partial charge in [-0.1, -0.05) is 66.2 Å². The second kappa shape index (κ2) is 8.34. The summed E-state index contributed by atoms with van der Waals surface area (Å²) in [5.74, 6) is 0.0265. The van der Waals surface area contributed by atoms with Gasteiger partial charge < -0.3 is 4.74 Å². The van der Waals surface area contributed by atoms with Gasteiger partial charge in [0.1, 0.15) is 0 Å². The molecule has 4 rings (SSSR count). The van der Waals surface area contributed by atoms with Crippen LogP contribution in [-0.4, -0.2) is 31.1 Å². The molecule has 3 aromatic carbocycles. The van der Waals surface area contributed by atoms with Crippen molar-refractivity contribution in [2.45, 2.75) is 13.0 Å². The number of benzene rings is 3. The molecule has 1 heterocycles. The van der Waals surface area contributed by atoms with Crippen molar-refractivity contribution < 1.29 is 9.53 Å². The van der Waals surface area contributed by atoms with Gasteiger partial charge in [-0.05, 0) is 46.4 Å². The Hall–Kier alpha value is -2.36. The van der Waals surface area contributed by atoms with Crippen LogP contribution in [0.2, 0.25) is 5.02 Å². The molecular weight excluding hydrogens is 370 g/mol. The monoisotopic (exact) mass is 393 g/mol. The highest BCUT2D eigenvalue weighted by Gasteiger charge is 2.38. The molecule has 1 aliphatic rings. The van der Waals surface area contributed by atoms with E-state index < -0.39 is 0 Å². The first-order chi connectivity index (χ1) is 13.6. The molecule has 0 aromatic heterocycles. The molecule has 1 saturated heterocycles. The molecule has 1 aliphatic heterocycles. The van der Waals surface area contributed by atoms with Crippen molar-refractivity contribution >= 4 is 28.3 Å². The Labute approximate surface area is 170 Å². The van der Waals surface area contributed by atoms with Crippen LogP contribution >= 0.6 is 11.6 Å². The van der Waals surface area contributed by atoms with Crippen molar-refractivity contribution in [3.05, 3.63) is 82.9 Å². The highest BCUT2D eigenvalue weighted by molar-refractivity contribution is 6.30. The number of rotatable bonds is 5. The first-order valence-corrected chi connectivity index (χ1v) is 10.0. The predicted octanol–water partition coefficient (Wildman–Crippen LogP) is 4.96. The number of fused-ring (bicyclic) bond motifs is 1. The zero-order valence-corrected chi connectivity index (χ0v) is 16.7. The Balaban J connectivity index is 1.53. The average molecular weight is 394 g/mol. The molecule has 0 aliphatic carbocycles. The average Bonchev–Trinajstić information content (AvgIpc) is 3.11. The molecule has 1 fully saturated rings. The first-order valence-electron chi connectivity index (χ1n) is 9.65. The number of nitrogens with zero attached hydrogens (tertiary/aromatic N) is 1. The van der Waals surface area contributed by atoms with Crippen LogP contribution in [0.5, 0.6) is 0 Å². The number of ether oxygens (including phenoxy) is 1. The molecule has 3 nitrogen and oxygen atoms in total. The smallest absolute Gasteiger partial charge is 0.310 e. The summed E-state index contributed by atoms with van der Waals surface area (Å²) in [7, 11) is 1.48. The quantitative estimate of drug-likeness (QED) is 0.574. The second-order valence-corrected chi connectivity index (χ2v) is 7.99. The molecule has 0 N–H and O–H groups in total. The maximum absolute atomic E-state index is 12.4. The number of carbonyl (C=O) groups is 1. The van der Waals surface area contributed by atoms with E-state index in [0.717, 1.165) is 31.1 Å². The van der Waals surface area contributed by atoms with Crippen LogP contribution in [0.4, 0.5) is 0 Å². The van der Waals surface area contributed by atoms with Gasteiger partial charge >= 0.3 is 5.97 Å². The fourth-order valence-electron chi connectivity index (χ4n) is 4.31. The van der Waals surface area contributed by atoms with E-state index in [2.05, 4.69) is 47.4 Å². The van der Waals surface area contributed by atoms with Gasteiger partial charge in [0.25, 0.3) is 0 Å². The molecule has 0 saturated carbocycles. The van der Waals surface area contributed by atoms with Crippen LogP contribution in [0.3, 0.4) is 0 Å². The van der Waals surface area contributed by atoms with Crippen molar-refractivity contribution in [1.82, 2.24) is 4.90 Å². The van der Waals surface area contributed by atoms with Crippen LogP contribution in [-0.2, 0) is 22.5 Å². The van der Waals surface area contributed by atoms with Crippen LogP contribution in [0.15, 0.2) is 66.7 Å². The molecule has 3 aromatic rings. The van der Waals surface area contributed by atoms with Gasteiger partial charge in [0, 0.05) is 24.7 Å². The summed E-state index contributed by atoms with van der Waals surface area (Å²) in [5, 5.41) is 3.26. The Kier molecular flexibility index (Phi) is 5.65. The third kappa shape index (κ3) is 4.06. The highest BCUT2D eigenvalue weighted by Crippen LogP contribution is 2.30. The summed E-state index contributed by atoms with van der Waals surface area (Å²) in [6, 6.07) is 22.8. The fourth-order valence-corrected chi connectivity index (χ4v) is 4.44. The zero-order valence-electron chi connectivity index (χ0n) is 16.0. The van der Waals surface area contributed by atoms with Crippen molar-refractivity contribution in [3.63, 3.8) is 0 Å². The van der Waals surface area contributed by atoms with Crippen LogP contribution in [0, 0.1) is 11.8 Å². The lowest BCUT2D eigenvalue weighted by atomic mass is 9.90. The van der Waals surface area contributed by atoms with E-state index in [-0.39, 0.29) is 17.8 Å². The number of esters is 1. The predicted molar refractivity (Wildman–Crippen MR) is 113 cm³/mol. The molecule has 0 amide bonds. The minimum absolute atomic E-state index is 0.101. The lowest BCUT2D eigenvalue weighted by Gasteiger charge is -2.17. The number of likely N-dealkylation sites (tertiary alicyclic amines) is 1. The number of methoxy groups -OCH3 is 1. The summed E-state index contributed by atoms with van der Waals surface area (Å²) < 4.78 is 5.10. The molecule has 144 valence electrons. The maximum atomic E-state index is 12.4. The van der Waals surface area contributed by atoms with Gasteiger partial charge in [-0.3, -0.25) is 9.69 Å². The number of hydrogen-bond acceptors (Lipinski definition) is 3. The number of hydrogen-bond donors (Lipinski definition) is 0. The Morgan fingerprint density at radius 1 is 1.04 bits per heavy atom. The maximum Gasteiger partial charge on any atom is 0.310 e. The summed E-state index contributed by atoms with van der Waals surface area (Å²) >= 11 is 6.01. The SMILES string of the molecule is COC(=O)[C@H]1CN(Cc2cccc3ccccc23)C[C@@H]1Cc1ccc(Cl)cc1. The topological polar surface area (TPSA) is 29.5 Å². The molecule has 28 heavy (non-hydrogen) atoms. The van der Waals surface area contributed by atoms with E-state index in [9.17, 15) is 4.79 Å². The number of halogens is 1. The van der Waals surface area contributed by atoms with Crippen LogP contribution in [0.25, 0.3) is 10.8 Å². The Bertz CT molecular complexity index is 965. The zero-order chi connectivity index (χ0) is 19.5. The third-order valence-corrected chi connectivity index (χ3v) is 5.96. The van der Waals surface area contributed by atoms with E-state index in [0.29, 0.717) is 0 Å². The minimum Gasteiger partial charge on any atom is -0.469 e. The normalized spacial score (nSPS) is 19.8. The summed E-state index contributed by atoms with van der Waals surface area (Å²) in [6.07, 6.45) is 0.850. The lowest BCUT2D eigenvalue weighted by Crippen LogP contribution is -2.25. The van der Waals surface area contributed by atoms with Gasteiger partial charge in [-0.25, -0.2) is 0 Å². The van der Waals surface area contributed by atoms with E-state index in [4.69, 9.17) is 16.3 Å². The molecule has 0 bridgehead atoms. The molecule has 2 atom stereocenters. The Morgan fingerprint density at radius 2 is 1.79 bits per heavy atom. The largest absolute Gasteiger partial charge is 0.469 e. The third-order valence-electron chi connectivity index (χ3n) is 5.71. The van der Waals surface area contributed by atoms with Crippen molar-refractivity contribution in [2.24, 2.45) is 11.8 Å². The lowest BCUT2D eigenvalue weighted by molar-refractivity contribution is -0.146. The molecule has 0 unspecified atom stereocenters. The Morgan fingerprint density at radius 3 is 2.57 bits per heavy atom. The van der Waals surface area contributed by atoms with Gasteiger partial charge in [0.05, 0.1) is 13.0 Å². The number of carbonyl (C=O) groups excluding carboxylic acids is 1. The molecular formula is C24H24ClNO2. The van der Waals surface area contributed by atoms with Crippen LogP contribution in [0.1, 0.15) is 11.1 Å². The molecule has 4 heteroatoms. The van der Waals surface area contributed by atoms with Crippen molar-refractivity contribution in [3.8, 4) is 0 Å². The van der Waals surface area contributed by atoms with Crippen LogP contribution < -0.4 is 0 Å². The summed E-state index contributed by atoms with van der Waals surface area (Å²) in [5.41, 5.74) is 2.50. The highest BCUT2D eigenvalue weighted by atomic mass is 35.5. The molecule has 0 radical (unpaired) electrons.